The molecule has 1 rings (SSSR count). The van der Waals surface area contributed by atoms with Crippen molar-refractivity contribution >= 4 is 18.0 Å². The van der Waals surface area contributed by atoms with Crippen molar-refractivity contribution in [3.63, 3.8) is 0 Å². The van der Waals surface area contributed by atoms with E-state index in [9.17, 15) is 9.59 Å². The van der Waals surface area contributed by atoms with Crippen LogP contribution in [0.25, 0.3) is 6.08 Å². The molecule has 0 aliphatic heterocycles. The van der Waals surface area contributed by atoms with Crippen molar-refractivity contribution in [2.75, 3.05) is 19.8 Å². The molecule has 0 aliphatic carbocycles. The van der Waals surface area contributed by atoms with Crippen molar-refractivity contribution < 1.29 is 19.1 Å². The summed E-state index contributed by atoms with van der Waals surface area (Å²) in [6.07, 6.45) is 6.44. The van der Waals surface area contributed by atoms with Crippen molar-refractivity contribution in [2.24, 2.45) is 5.73 Å². The van der Waals surface area contributed by atoms with E-state index in [1.165, 1.54) is 11.6 Å². The van der Waals surface area contributed by atoms with E-state index in [4.69, 9.17) is 10.5 Å². The highest BCUT2D eigenvalue weighted by molar-refractivity contribution is 5.87. The molecule has 0 radical (unpaired) electrons. The van der Waals surface area contributed by atoms with Crippen molar-refractivity contribution in [3.8, 4) is 0 Å². The summed E-state index contributed by atoms with van der Waals surface area (Å²) in [7, 11) is 0. The van der Waals surface area contributed by atoms with E-state index < -0.39 is 0 Å². The maximum atomic E-state index is 11.0. The summed E-state index contributed by atoms with van der Waals surface area (Å²) in [5.41, 5.74) is 7.22. The molecule has 0 heterocycles. The molecule has 2 N–H and O–H groups in total. The lowest BCUT2D eigenvalue weighted by Crippen LogP contribution is -2.14. The van der Waals surface area contributed by atoms with E-state index in [0.717, 1.165) is 6.42 Å². The quantitative estimate of drug-likeness (QED) is 0.352. The van der Waals surface area contributed by atoms with Crippen molar-refractivity contribution in [2.45, 2.75) is 19.8 Å². The highest BCUT2D eigenvalue weighted by Crippen LogP contribution is 2.04. The van der Waals surface area contributed by atoms with E-state index >= 15 is 0 Å². The summed E-state index contributed by atoms with van der Waals surface area (Å²) in [5, 5.41) is 0. The first-order valence-corrected chi connectivity index (χ1v) is 9.10. The predicted molar refractivity (Wildman–Crippen MR) is 121 cm³/mol. The Bertz CT molecular complexity index is 663. The van der Waals surface area contributed by atoms with Gasteiger partial charge < -0.3 is 15.2 Å². The van der Waals surface area contributed by atoms with Gasteiger partial charge in [-0.05, 0) is 25.3 Å². The van der Waals surface area contributed by atoms with Crippen LogP contribution < -0.4 is 5.73 Å². The summed E-state index contributed by atoms with van der Waals surface area (Å²) in [4.78, 5) is 21.5. The Hall–Kier alpha value is -3.18. The molecule has 1 aromatic rings. The number of carbonyl (C=O) groups excluding carboxylic acids is 2. The molecule has 0 bridgehead atoms. The third-order valence-corrected chi connectivity index (χ3v) is 3.01. The van der Waals surface area contributed by atoms with Gasteiger partial charge in [-0.3, -0.25) is 0 Å². The van der Waals surface area contributed by atoms with Gasteiger partial charge in [-0.25, -0.2) is 9.59 Å². The lowest BCUT2D eigenvalue weighted by atomic mass is 10.2. The molecule has 0 aliphatic rings. The van der Waals surface area contributed by atoms with Crippen LogP contribution >= 0.6 is 0 Å². The molecule has 29 heavy (non-hydrogen) atoms. The van der Waals surface area contributed by atoms with Gasteiger partial charge >= 0.3 is 11.9 Å². The number of hydrogen-bond donors (Lipinski definition) is 1. The Balaban J connectivity index is 0. The maximum absolute atomic E-state index is 11.0. The topological polar surface area (TPSA) is 78.6 Å². The van der Waals surface area contributed by atoms with Crippen LogP contribution in [0.3, 0.4) is 0 Å². The molecule has 0 aromatic heterocycles. The van der Waals surface area contributed by atoms with Gasteiger partial charge in [0.2, 0.25) is 0 Å². The number of carbonyl (C=O) groups is 2. The first-order chi connectivity index (χ1) is 13.8. The Labute approximate surface area is 174 Å². The van der Waals surface area contributed by atoms with E-state index in [1.807, 2.05) is 36.4 Å². The van der Waals surface area contributed by atoms with Gasteiger partial charge in [-0.15, -0.1) is 6.58 Å². The van der Waals surface area contributed by atoms with E-state index in [0.29, 0.717) is 24.1 Å². The van der Waals surface area contributed by atoms with Crippen LogP contribution in [0.1, 0.15) is 25.3 Å². The standard InChI is InChI=1S/C9H15NO2.C8H8.C7H10O2/c1-3-4-5-8(2)9(11)12-7-6-10;1-2-8-6-4-3-5-7-8;1-4-5-9-7(8)6(2)3/h3H,1-2,4-7,10H2;2-7H,1H2;4H,1-2,5H2,3H3. The summed E-state index contributed by atoms with van der Waals surface area (Å²) in [6.45, 7) is 20.0. The molecule has 0 fully saturated rings. The summed E-state index contributed by atoms with van der Waals surface area (Å²) < 4.78 is 9.35. The molecule has 0 atom stereocenters. The number of esters is 2. The van der Waals surface area contributed by atoms with Gasteiger partial charge in [-0.2, -0.15) is 0 Å². The molecule has 0 unspecified atom stereocenters. The van der Waals surface area contributed by atoms with Crippen LogP contribution in [0.4, 0.5) is 0 Å². The van der Waals surface area contributed by atoms with Crippen LogP contribution in [-0.4, -0.2) is 31.7 Å². The van der Waals surface area contributed by atoms with Crippen molar-refractivity contribution in [1.82, 2.24) is 0 Å². The third-order valence-electron chi connectivity index (χ3n) is 3.01. The fourth-order valence-corrected chi connectivity index (χ4v) is 1.48. The van der Waals surface area contributed by atoms with Crippen molar-refractivity contribution in [3.05, 3.63) is 92.1 Å². The lowest BCUT2D eigenvalue weighted by molar-refractivity contribution is -0.139. The molecule has 5 heteroatoms. The zero-order valence-corrected chi connectivity index (χ0v) is 17.4. The average molecular weight is 400 g/mol. The number of allylic oxidation sites excluding steroid dienone is 1. The van der Waals surface area contributed by atoms with Crippen molar-refractivity contribution in [1.29, 1.82) is 0 Å². The summed E-state index contributed by atoms with van der Waals surface area (Å²) in [5.74, 6) is -0.725. The number of nitrogens with two attached hydrogens (primary N) is 1. The first kappa shape index (κ1) is 28.0. The van der Waals surface area contributed by atoms with Gasteiger partial charge in [0.15, 0.2) is 0 Å². The largest absolute Gasteiger partial charge is 0.461 e. The SMILES string of the molecule is C=CCCC(=C)C(=O)OCCN.C=CCOC(=O)C(=C)C.C=Cc1ccccc1. The fraction of sp³-hybridized carbons (Fsp3) is 0.250. The molecular formula is C24H33NO4. The smallest absolute Gasteiger partial charge is 0.333 e. The van der Waals surface area contributed by atoms with Gasteiger partial charge in [0.05, 0.1) is 0 Å². The molecule has 0 saturated heterocycles. The Morgan fingerprint density at radius 2 is 1.62 bits per heavy atom. The monoisotopic (exact) mass is 399 g/mol. The van der Waals surface area contributed by atoms with Crippen LogP contribution in [0.5, 0.6) is 0 Å². The highest BCUT2D eigenvalue weighted by atomic mass is 16.5. The lowest BCUT2D eigenvalue weighted by Gasteiger charge is -2.03. The molecule has 1 aromatic carbocycles. The second-order valence-corrected chi connectivity index (χ2v) is 5.64. The van der Waals surface area contributed by atoms with Crippen LogP contribution in [0.15, 0.2) is 86.5 Å². The van der Waals surface area contributed by atoms with Gasteiger partial charge in [0.25, 0.3) is 0 Å². The zero-order valence-electron chi connectivity index (χ0n) is 17.4. The van der Waals surface area contributed by atoms with E-state index in [-0.39, 0.29) is 25.2 Å². The van der Waals surface area contributed by atoms with Gasteiger partial charge in [-0.1, -0.05) is 74.9 Å². The molecule has 5 nitrogen and oxygen atoms in total. The third kappa shape index (κ3) is 18.0. The minimum Gasteiger partial charge on any atom is -0.461 e. The Kier molecular flexibility index (Phi) is 18.9. The Morgan fingerprint density at radius 3 is 2.03 bits per heavy atom. The van der Waals surface area contributed by atoms with Crippen LogP contribution in [0, 0.1) is 0 Å². The molecular weight excluding hydrogens is 366 g/mol. The minimum atomic E-state index is -0.366. The second kappa shape index (κ2) is 19.6. The minimum absolute atomic E-state index is 0.256. The molecule has 0 amide bonds. The number of ether oxygens (including phenoxy) is 2. The molecule has 0 saturated carbocycles. The average Bonchev–Trinajstić information content (AvgIpc) is 2.75. The number of hydrogen-bond acceptors (Lipinski definition) is 5. The first-order valence-electron chi connectivity index (χ1n) is 9.10. The fourth-order valence-electron chi connectivity index (χ4n) is 1.48. The molecule has 158 valence electrons. The summed E-state index contributed by atoms with van der Waals surface area (Å²) in [6, 6.07) is 10.0. The van der Waals surface area contributed by atoms with Gasteiger partial charge in [0.1, 0.15) is 13.2 Å². The number of benzene rings is 1. The van der Waals surface area contributed by atoms with Crippen LogP contribution in [-0.2, 0) is 19.1 Å². The van der Waals surface area contributed by atoms with Crippen LogP contribution in [0.2, 0.25) is 0 Å². The zero-order chi connectivity index (χ0) is 22.5. The predicted octanol–water partition coefficient (Wildman–Crippen LogP) is 4.63. The molecule has 0 spiro atoms. The maximum Gasteiger partial charge on any atom is 0.333 e. The normalized spacial score (nSPS) is 8.62. The summed E-state index contributed by atoms with van der Waals surface area (Å²) >= 11 is 0. The number of rotatable bonds is 10. The second-order valence-electron chi connectivity index (χ2n) is 5.64. The highest BCUT2D eigenvalue weighted by Gasteiger charge is 2.05. The van der Waals surface area contributed by atoms with E-state index in [1.54, 1.807) is 13.0 Å². The Morgan fingerprint density at radius 1 is 1.00 bits per heavy atom. The van der Waals surface area contributed by atoms with E-state index in [2.05, 4.69) is 37.6 Å². The van der Waals surface area contributed by atoms with Gasteiger partial charge in [0, 0.05) is 17.7 Å².